The topological polar surface area (TPSA) is 79.8 Å². The highest BCUT2D eigenvalue weighted by molar-refractivity contribution is 7.17. The number of aryl methyl sites for hydroxylation is 1. The predicted octanol–water partition coefficient (Wildman–Crippen LogP) is 1.27. The second-order valence-corrected chi connectivity index (χ2v) is 5.12. The van der Waals surface area contributed by atoms with E-state index in [1.807, 2.05) is 6.92 Å². The fraction of sp³-hybridized carbons (Fsp3) is 0.333. The molecular weight excluding hydrogens is 258 g/mol. The molecule has 2 heterocycles. The van der Waals surface area contributed by atoms with E-state index in [0.29, 0.717) is 16.7 Å². The summed E-state index contributed by atoms with van der Waals surface area (Å²) in [5.41, 5.74) is 2.71. The number of amides is 1. The summed E-state index contributed by atoms with van der Waals surface area (Å²) < 4.78 is 0. The first-order chi connectivity index (χ1) is 8.20. The van der Waals surface area contributed by atoms with Crippen LogP contribution in [0.5, 0.6) is 0 Å². The first kappa shape index (κ1) is 11.9. The minimum atomic E-state index is -0.211. The second-order valence-electron chi connectivity index (χ2n) is 3.21. The predicted molar refractivity (Wildman–Crippen MR) is 67.5 cm³/mol. The molecule has 90 valence electrons. The van der Waals surface area contributed by atoms with Gasteiger partial charge in [-0.25, -0.2) is 4.98 Å². The monoisotopic (exact) mass is 269 g/mol. The van der Waals surface area contributed by atoms with E-state index in [0.717, 1.165) is 10.6 Å². The van der Waals surface area contributed by atoms with Crippen LogP contribution in [0.1, 0.15) is 20.4 Å². The van der Waals surface area contributed by atoms with Crippen molar-refractivity contribution in [2.45, 2.75) is 13.5 Å². The molecule has 0 aliphatic carbocycles. The van der Waals surface area contributed by atoms with Gasteiger partial charge in [0.1, 0.15) is 0 Å². The van der Waals surface area contributed by atoms with Crippen LogP contribution in [0.3, 0.4) is 0 Å². The molecule has 2 aromatic rings. The van der Waals surface area contributed by atoms with Crippen LogP contribution >= 0.6 is 22.7 Å². The van der Waals surface area contributed by atoms with E-state index in [1.165, 1.54) is 22.7 Å². The average Bonchev–Trinajstić information content (AvgIpc) is 2.94. The molecular formula is C9H11N5OS2. The Kier molecular flexibility index (Phi) is 3.64. The molecule has 0 bridgehead atoms. The zero-order valence-corrected chi connectivity index (χ0v) is 11.0. The molecule has 0 atom stereocenters. The van der Waals surface area contributed by atoms with Crippen LogP contribution < -0.4 is 10.6 Å². The van der Waals surface area contributed by atoms with Crippen molar-refractivity contribution in [3.8, 4) is 0 Å². The van der Waals surface area contributed by atoms with Gasteiger partial charge in [0.15, 0.2) is 0 Å². The van der Waals surface area contributed by atoms with E-state index < -0.39 is 0 Å². The van der Waals surface area contributed by atoms with E-state index in [1.54, 1.807) is 12.6 Å². The lowest BCUT2D eigenvalue weighted by Crippen LogP contribution is -2.22. The summed E-state index contributed by atoms with van der Waals surface area (Å²) in [6.07, 6.45) is 0. The highest BCUT2D eigenvalue weighted by atomic mass is 32.1. The molecule has 0 saturated heterocycles. The Bertz CT molecular complexity index is 521. The summed E-state index contributed by atoms with van der Waals surface area (Å²) in [5.74, 6) is -0.211. The van der Waals surface area contributed by atoms with E-state index in [4.69, 9.17) is 0 Å². The number of carbonyl (C=O) groups is 1. The molecule has 0 saturated carbocycles. The van der Waals surface area contributed by atoms with Crippen molar-refractivity contribution < 1.29 is 4.79 Å². The van der Waals surface area contributed by atoms with Crippen molar-refractivity contribution in [1.29, 1.82) is 0 Å². The molecule has 17 heavy (non-hydrogen) atoms. The third-order valence-corrected chi connectivity index (χ3v) is 3.96. The van der Waals surface area contributed by atoms with Crippen molar-refractivity contribution in [1.82, 2.24) is 20.5 Å². The third kappa shape index (κ3) is 2.77. The zero-order chi connectivity index (χ0) is 12.3. The van der Waals surface area contributed by atoms with Crippen molar-refractivity contribution in [3.05, 3.63) is 21.1 Å². The molecule has 8 heteroatoms. The molecule has 0 aliphatic rings. The van der Waals surface area contributed by atoms with Gasteiger partial charge >= 0.3 is 0 Å². The van der Waals surface area contributed by atoms with Gasteiger partial charge in [-0.2, -0.15) is 0 Å². The summed E-state index contributed by atoms with van der Waals surface area (Å²) in [6.45, 7) is 2.39. The Morgan fingerprint density at radius 3 is 2.88 bits per heavy atom. The Hall–Kier alpha value is -1.54. The van der Waals surface area contributed by atoms with Crippen LogP contribution in [0.2, 0.25) is 0 Å². The molecule has 0 spiro atoms. The van der Waals surface area contributed by atoms with E-state index in [9.17, 15) is 4.79 Å². The Labute approximate surface area is 106 Å². The quantitative estimate of drug-likeness (QED) is 0.874. The van der Waals surface area contributed by atoms with Crippen LogP contribution in [-0.4, -0.2) is 28.1 Å². The average molecular weight is 269 g/mol. The lowest BCUT2D eigenvalue weighted by molar-refractivity contribution is 0.0950. The van der Waals surface area contributed by atoms with Crippen LogP contribution in [0.15, 0.2) is 5.51 Å². The Morgan fingerprint density at radius 2 is 2.29 bits per heavy atom. The fourth-order valence-electron chi connectivity index (χ4n) is 1.15. The molecule has 0 radical (unpaired) electrons. The lowest BCUT2D eigenvalue weighted by atomic mass is 10.4. The van der Waals surface area contributed by atoms with Crippen LogP contribution in [-0.2, 0) is 6.54 Å². The van der Waals surface area contributed by atoms with E-state index in [-0.39, 0.29) is 5.91 Å². The molecule has 0 unspecified atom stereocenters. The number of thiazole rings is 1. The number of carbonyl (C=O) groups excluding carboxylic acids is 1. The first-order valence-electron chi connectivity index (χ1n) is 4.89. The van der Waals surface area contributed by atoms with Gasteiger partial charge < -0.3 is 10.6 Å². The van der Waals surface area contributed by atoms with Gasteiger partial charge in [0.2, 0.25) is 10.1 Å². The fourth-order valence-corrected chi connectivity index (χ4v) is 2.48. The van der Waals surface area contributed by atoms with Crippen molar-refractivity contribution in [2.24, 2.45) is 0 Å². The second kappa shape index (κ2) is 5.19. The number of hydrogen-bond donors (Lipinski definition) is 2. The van der Waals surface area contributed by atoms with Gasteiger partial charge in [0.05, 0.1) is 17.7 Å². The van der Waals surface area contributed by atoms with Gasteiger partial charge in [-0.05, 0) is 6.92 Å². The summed E-state index contributed by atoms with van der Waals surface area (Å²) in [4.78, 5) is 16.9. The summed E-state index contributed by atoms with van der Waals surface area (Å²) in [6, 6.07) is 0. The number of nitrogens with zero attached hydrogens (tertiary/aromatic N) is 3. The van der Waals surface area contributed by atoms with Crippen molar-refractivity contribution in [3.63, 3.8) is 0 Å². The van der Waals surface area contributed by atoms with Crippen molar-refractivity contribution >= 4 is 33.7 Å². The third-order valence-electron chi connectivity index (χ3n) is 2.09. The number of rotatable bonds is 4. The molecule has 0 fully saturated rings. The van der Waals surface area contributed by atoms with E-state index in [2.05, 4.69) is 25.8 Å². The molecule has 2 rings (SSSR count). The SMILES string of the molecule is CNc1nnc(C(=O)NCc2scnc2C)s1. The smallest absolute Gasteiger partial charge is 0.282 e. The van der Waals surface area contributed by atoms with Crippen LogP contribution in [0, 0.1) is 6.92 Å². The van der Waals surface area contributed by atoms with Crippen molar-refractivity contribution in [2.75, 3.05) is 12.4 Å². The maximum absolute atomic E-state index is 11.7. The molecule has 0 aromatic carbocycles. The van der Waals surface area contributed by atoms with E-state index >= 15 is 0 Å². The minimum Gasteiger partial charge on any atom is -0.363 e. The number of nitrogens with one attached hydrogen (secondary N) is 2. The number of hydrogen-bond acceptors (Lipinski definition) is 7. The highest BCUT2D eigenvalue weighted by Crippen LogP contribution is 2.15. The molecule has 1 amide bonds. The Morgan fingerprint density at radius 1 is 1.47 bits per heavy atom. The van der Waals surface area contributed by atoms with Gasteiger partial charge in [-0.15, -0.1) is 21.5 Å². The summed E-state index contributed by atoms with van der Waals surface area (Å²) >= 11 is 2.75. The summed E-state index contributed by atoms with van der Waals surface area (Å²) in [5, 5.41) is 14.2. The van der Waals surface area contributed by atoms with Gasteiger partial charge in [0.25, 0.3) is 5.91 Å². The van der Waals surface area contributed by atoms with Gasteiger partial charge in [-0.3, -0.25) is 4.79 Å². The van der Waals surface area contributed by atoms with Gasteiger partial charge in [-0.1, -0.05) is 11.3 Å². The Balaban J connectivity index is 1.95. The maximum atomic E-state index is 11.7. The van der Waals surface area contributed by atoms with Crippen LogP contribution in [0.4, 0.5) is 5.13 Å². The number of aromatic nitrogens is 3. The molecule has 2 N–H and O–H groups in total. The lowest BCUT2D eigenvalue weighted by Gasteiger charge is -2.00. The molecule has 2 aromatic heterocycles. The molecule has 6 nitrogen and oxygen atoms in total. The number of anilines is 1. The highest BCUT2D eigenvalue weighted by Gasteiger charge is 2.12. The standard InChI is InChI=1S/C9H11N5OS2/c1-5-6(16-4-12-5)3-11-7(15)8-13-14-9(10-2)17-8/h4H,3H2,1-2H3,(H,10,14)(H,11,15). The normalized spacial score (nSPS) is 10.2. The zero-order valence-electron chi connectivity index (χ0n) is 9.35. The minimum absolute atomic E-state index is 0.211. The first-order valence-corrected chi connectivity index (χ1v) is 6.58. The van der Waals surface area contributed by atoms with Gasteiger partial charge in [0, 0.05) is 11.9 Å². The summed E-state index contributed by atoms with van der Waals surface area (Å²) in [7, 11) is 1.74. The molecule has 0 aliphatic heterocycles. The maximum Gasteiger partial charge on any atom is 0.282 e. The largest absolute Gasteiger partial charge is 0.363 e. The van der Waals surface area contributed by atoms with Crippen LogP contribution in [0.25, 0.3) is 0 Å².